The van der Waals surface area contributed by atoms with Crippen LogP contribution in [-0.4, -0.2) is 177 Å². The molecule has 0 saturated carbocycles. The van der Waals surface area contributed by atoms with E-state index < -0.39 is 6.04 Å². The Kier molecular flexibility index (Phi) is 53.0. The van der Waals surface area contributed by atoms with Gasteiger partial charge in [-0.2, -0.15) is 0 Å². The molecule has 16 nitrogen and oxygen atoms in total. The monoisotopic (exact) mass is 908 g/mol. The van der Waals surface area contributed by atoms with Crippen LogP contribution in [0.1, 0.15) is 116 Å². The number of allylic oxidation sites excluding steroid dienone is 2. The van der Waals surface area contributed by atoms with Gasteiger partial charge in [0.15, 0.2) is 0 Å². The summed E-state index contributed by atoms with van der Waals surface area (Å²) in [6.07, 6.45) is 23.1. The van der Waals surface area contributed by atoms with Gasteiger partial charge in [-0.3, -0.25) is 9.59 Å². The van der Waals surface area contributed by atoms with Crippen molar-refractivity contribution in [2.75, 3.05) is 159 Å². The molecule has 0 bridgehead atoms. The lowest BCUT2D eigenvalue weighted by atomic mass is 10.1. The summed E-state index contributed by atoms with van der Waals surface area (Å²) in [5.74, 6) is -0.254. The van der Waals surface area contributed by atoms with E-state index in [0.717, 1.165) is 38.5 Å². The molecule has 374 valence electrons. The van der Waals surface area contributed by atoms with Crippen molar-refractivity contribution >= 4 is 11.8 Å². The Morgan fingerprint density at radius 3 is 1.22 bits per heavy atom. The van der Waals surface area contributed by atoms with Crippen LogP contribution in [0.3, 0.4) is 0 Å². The van der Waals surface area contributed by atoms with E-state index in [1.54, 1.807) is 7.11 Å². The fourth-order valence-corrected chi connectivity index (χ4v) is 5.98. The van der Waals surface area contributed by atoms with E-state index in [4.69, 9.17) is 57.8 Å². The van der Waals surface area contributed by atoms with Gasteiger partial charge < -0.3 is 68.5 Å². The van der Waals surface area contributed by atoms with Crippen molar-refractivity contribution in [3.63, 3.8) is 0 Å². The fraction of sp³-hybridized carbons (Fsp3) is 0.915. The molecule has 0 aliphatic rings. The van der Waals surface area contributed by atoms with Crippen molar-refractivity contribution in [3.8, 4) is 0 Å². The maximum atomic E-state index is 12.9. The number of nitrogens with two attached hydrogens (primary N) is 1. The lowest BCUT2D eigenvalue weighted by Crippen LogP contribution is -2.47. The van der Waals surface area contributed by atoms with E-state index in [9.17, 15) is 9.59 Å². The molecule has 0 heterocycles. The molecule has 1 atom stereocenters. The Balaban J connectivity index is 3.57. The highest BCUT2D eigenvalue weighted by molar-refractivity contribution is 5.87. The van der Waals surface area contributed by atoms with Gasteiger partial charge in [0.25, 0.3) is 0 Å². The minimum atomic E-state index is -0.560. The highest BCUT2D eigenvalue weighted by Crippen LogP contribution is 2.10. The third kappa shape index (κ3) is 51.1. The second-order valence-electron chi connectivity index (χ2n) is 15.1. The van der Waals surface area contributed by atoms with Crippen molar-refractivity contribution in [1.29, 1.82) is 0 Å². The number of rotatable bonds is 54. The molecule has 0 aromatic rings. The number of hydrogen-bond acceptors (Lipinski definition) is 14. The van der Waals surface area contributed by atoms with Gasteiger partial charge in [0.1, 0.15) is 6.04 Å². The number of unbranched alkanes of at least 4 members (excludes halogenated alkanes) is 12. The third-order valence-corrected chi connectivity index (χ3v) is 9.59. The molecule has 4 N–H and O–H groups in total. The van der Waals surface area contributed by atoms with Gasteiger partial charge in [-0.25, -0.2) is 0 Å². The average molecular weight is 908 g/mol. The van der Waals surface area contributed by atoms with Gasteiger partial charge in [0.2, 0.25) is 11.8 Å². The topological polar surface area (TPSA) is 186 Å². The average Bonchev–Trinajstić information content (AvgIpc) is 3.28. The molecule has 0 fully saturated rings. The first-order chi connectivity index (χ1) is 31.2. The molecule has 0 aliphatic carbocycles. The molecule has 16 heteroatoms. The lowest BCUT2D eigenvalue weighted by molar-refractivity contribution is -0.129. The second kappa shape index (κ2) is 54.5. The zero-order chi connectivity index (χ0) is 45.6. The summed E-state index contributed by atoms with van der Waals surface area (Å²) >= 11 is 0. The summed E-state index contributed by atoms with van der Waals surface area (Å²) in [6, 6.07) is -0.560. The van der Waals surface area contributed by atoms with E-state index in [1.165, 1.54) is 57.8 Å². The molecular weight excluding hydrogens is 815 g/mol. The van der Waals surface area contributed by atoms with E-state index in [1.807, 2.05) is 0 Å². The molecular formula is C47H93N3O13. The fourth-order valence-electron chi connectivity index (χ4n) is 5.98. The number of carbonyl (C=O) groups is 2. The quantitative estimate of drug-likeness (QED) is 0.0509. The summed E-state index contributed by atoms with van der Waals surface area (Å²) in [5.41, 5.74) is 5.66. The summed E-state index contributed by atoms with van der Waals surface area (Å²) < 4.78 is 59.8. The molecule has 0 spiro atoms. The van der Waals surface area contributed by atoms with Crippen LogP contribution in [0.5, 0.6) is 0 Å². The van der Waals surface area contributed by atoms with Crippen LogP contribution in [0.25, 0.3) is 0 Å². The number of hydrogen-bond donors (Lipinski definition) is 3. The minimum absolute atomic E-state index is 0.0685. The smallest absolute Gasteiger partial charge is 0.242 e. The van der Waals surface area contributed by atoms with Gasteiger partial charge in [-0.15, -0.1) is 0 Å². The predicted molar refractivity (Wildman–Crippen MR) is 247 cm³/mol. The van der Waals surface area contributed by atoms with Crippen LogP contribution in [0, 0.1) is 0 Å². The van der Waals surface area contributed by atoms with E-state index in [0.29, 0.717) is 165 Å². The van der Waals surface area contributed by atoms with Crippen molar-refractivity contribution in [1.82, 2.24) is 10.6 Å². The molecule has 0 radical (unpaired) electrons. The van der Waals surface area contributed by atoms with Gasteiger partial charge in [0, 0.05) is 20.1 Å². The minimum Gasteiger partial charge on any atom is -0.382 e. The highest BCUT2D eigenvalue weighted by atomic mass is 16.6. The first-order valence-corrected chi connectivity index (χ1v) is 24.3. The first kappa shape index (κ1) is 61.2. The van der Waals surface area contributed by atoms with Gasteiger partial charge in [0.05, 0.1) is 139 Å². The van der Waals surface area contributed by atoms with Crippen LogP contribution < -0.4 is 16.4 Å². The van der Waals surface area contributed by atoms with Crippen LogP contribution in [0.4, 0.5) is 0 Å². The second-order valence-corrected chi connectivity index (χ2v) is 15.1. The Labute approximate surface area is 382 Å². The molecule has 0 rings (SSSR count). The number of nitrogens with one attached hydrogen (secondary N) is 2. The normalized spacial score (nSPS) is 12.1. The maximum absolute atomic E-state index is 12.9. The molecule has 0 aliphatic heterocycles. The molecule has 0 saturated heterocycles. The first-order valence-electron chi connectivity index (χ1n) is 24.3. The van der Waals surface area contributed by atoms with Gasteiger partial charge in [-0.05, 0) is 57.9 Å². The summed E-state index contributed by atoms with van der Waals surface area (Å²) in [6.45, 7) is 13.5. The Morgan fingerprint density at radius 1 is 0.460 bits per heavy atom. The van der Waals surface area contributed by atoms with Crippen LogP contribution in [0.2, 0.25) is 0 Å². The van der Waals surface area contributed by atoms with E-state index >= 15 is 0 Å². The molecule has 63 heavy (non-hydrogen) atoms. The zero-order valence-corrected chi connectivity index (χ0v) is 39.9. The Hall–Kier alpha value is -1.80. The van der Waals surface area contributed by atoms with Gasteiger partial charge >= 0.3 is 0 Å². The number of amides is 2. The SMILES string of the molecule is CCCCCCCC/C=C\CCCCCCCC(=O)NC(CCCCN)C(=O)NCCOCCOCCOCCOCCOCCOCCOCCOCCOCCOCCOC. The number of carbonyl (C=O) groups excluding carboxylic acids is 2. The van der Waals surface area contributed by atoms with Crippen molar-refractivity contribution < 1.29 is 61.7 Å². The predicted octanol–water partition coefficient (Wildman–Crippen LogP) is 5.57. The van der Waals surface area contributed by atoms with Crippen LogP contribution in [-0.2, 0) is 61.7 Å². The summed E-state index contributed by atoms with van der Waals surface area (Å²) in [5, 5.41) is 5.84. The largest absolute Gasteiger partial charge is 0.382 e. The molecule has 0 aromatic carbocycles. The summed E-state index contributed by atoms with van der Waals surface area (Å²) in [7, 11) is 1.64. The Bertz CT molecular complexity index is 954. The number of methoxy groups -OCH3 is 1. The molecule has 2 amide bonds. The molecule has 0 aromatic heterocycles. The molecule has 1 unspecified atom stereocenters. The van der Waals surface area contributed by atoms with Crippen molar-refractivity contribution in [2.45, 2.75) is 122 Å². The summed E-state index contributed by atoms with van der Waals surface area (Å²) in [4.78, 5) is 25.5. The zero-order valence-electron chi connectivity index (χ0n) is 39.9. The van der Waals surface area contributed by atoms with Crippen molar-refractivity contribution in [3.05, 3.63) is 12.2 Å². The lowest BCUT2D eigenvalue weighted by Gasteiger charge is -2.18. The maximum Gasteiger partial charge on any atom is 0.242 e. The highest BCUT2D eigenvalue weighted by Gasteiger charge is 2.20. The van der Waals surface area contributed by atoms with Crippen LogP contribution >= 0.6 is 0 Å². The Morgan fingerprint density at radius 2 is 0.825 bits per heavy atom. The number of ether oxygens (including phenoxy) is 11. The van der Waals surface area contributed by atoms with Crippen LogP contribution in [0.15, 0.2) is 12.2 Å². The van der Waals surface area contributed by atoms with E-state index in [2.05, 4.69) is 29.7 Å². The standard InChI is InChI=1S/C47H93N3O13/c1-3-4-5-6-7-8-9-10-11-12-13-14-15-16-17-21-46(51)50-45(20-18-19-22-48)47(52)49-23-24-54-27-28-56-31-32-58-35-36-60-39-40-62-43-44-63-42-41-61-38-37-59-34-33-57-30-29-55-26-25-53-2/h10-11,45H,3-9,12-44,48H2,1-2H3,(H,49,52)(H,50,51)/b11-10-. The third-order valence-electron chi connectivity index (χ3n) is 9.59. The van der Waals surface area contributed by atoms with Gasteiger partial charge in [-0.1, -0.05) is 70.4 Å². The van der Waals surface area contributed by atoms with Crippen molar-refractivity contribution in [2.24, 2.45) is 5.73 Å². The van der Waals surface area contributed by atoms with E-state index in [-0.39, 0.29) is 11.8 Å².